The molecule has 5 nitrogen and oxygen atoms in total. The highest BCUT2D eigenvalue weighted by atomic mass is 32.2. The van der Waals surface area contributed by atoms with Crippen LogP contribution in [0.3, 0.4) is 0 Å². The summed E-state index contributed by atoms with van der Waals surface area (Å²) in [6.07, 6.45) is 3.49. The Morgan fingerprint density at radius 2 is 2.00 bits per heavy atom. The summed E-state index contributed by atoms with van der Waals surface area (Å²) in [5, 5.41) is 20.7. The van der Waals surface area contributed by atoms with Gasteiger partial charge in [-0.3, -0.25) is 4.99 Å². The Balaban J connectivity index is 2.00. The number of carbonyl (C=O) groups is 1. The number of benzene rings is 1. The Bertz CT molecular complexity index is 794. The van der Waals surface area contributed by atoms with E-state index in [0.717, 1.165) is 40.9 Å². The summed E-state index contributed by atoms with van der Waals surface area (Å²) in [7, 11) is 0. The van der Waals surface area contributed by atoms with E-state index in [4.69, 9.17) is 0 Å². The summed E-state index contributed by atoms with van der Waals surface area (Å²) in [6, 6.07) is 4.33. The van der Waals surface area contributed by atoms with Crippen LogP contribution in [0.5, 0.6) is 5.75 Å². The summed E-state index contributed by atoms with van der Waals surface area (Å²) < 4.78 is 0.494. The van der Waals surface area contributed by atoms with Gasteiger partial charge in [0.25, 0.3) is 0 Å². The maximum absolute atomic E-state index is 11.8. The molecule has 7 heteroatoms. The molecule has 0 saturated carbocycles. The second-order valence-corrected chi connectivity index (χ2v) is 8.45. The van der Waals surface area contributed by atoms with Crippen LogP contribution in [0.15, 0.2) is 23.2 Å². The zero-order valence-electron chi connectivity index (χ0n) is 13.7. The Labute approximate surface area is 148 Å². The predicted octanol–water partition coefficient (Wildman–Crippen LogP) is 4.29. The number of nitrogens with zero attached hydrogens (tertiary/aromatic N) is 2. The van der Waals surface area contributed by atoms with Gasteiger partial charge >= 0.3 is 5.97 Å². The van der Waals surface area contributed by atoms with Crippen molar-refractivity contribution in [3.8, 4) is 5.75 Å². The summed E-state index contributed by atoms with van der Waals surface area (Å²) in [5.74, 6) is -0.661. The largest absolute Gasteiger partial charge is 0.508 e. The van der Waals surface area contributed by atoms with E-state index in [-0.39, 0.29) is 10.5 Å². The van der Waals surface area contributed by atoms with Crippen molar-refractivity contribution in [3.05, 3.63) is 23.2 Å². The van der Waals surface area contributed by atoms with Gasteiger partial charge in [-0.2, -0.15) is 0 Å². The molecule has 0 amide bonds. The lowest BCUT2D eigenvalue weighted by Gasteiger charge is -2.30. The Kier molecular flexibility index (Phi) is 4.83. The molecule has 0 bridgehead atoms. The van der Waals surface area contributed by atoms with E-state index in [0.29, 0.717) is 5.04 Å². The number of carboxylic acid groups (broad SMARTS) is 1. The van der Waals surface area contributed by atoms with Gasteiger partial charge in [-0.05, 0) is 31.0 Å². The lowest BCUT2D eigenvalue weighted by molar-refractivity contribution is -0.139. The number of aromatic hydroxyl groups is 1. The molecule has 2 N–H and O–H groups in total. The molecule has 1 atom stereocenters. The van der Waals surface area contributed by atoms with Gasteiger partial charge in [-0.1, -0.05) is 38.5 Å². The van der Waals surface area contributed by atoms with Crippen LogP contribution in [0.2, 0.25) is 0 Å². The molecule has 1 aliphatic heterocycles. The molecule has 0 fully saturated rings. The molecule has 0 aliphatic carbocycles. The van der Waals surface area contributed by atoms with Gasteiger partial charge in [0.2, 0.25) is 0 Å². The Morgan fingerprint density at radius 1 is 1.29 bits per heavy atom. The van der Waals surface area contributed by atoms with Crippen molar-refractivity contribution in [2.24, 2.45) is 4.99 Å². The molecule has 1 aromatic carbocycles. The fraction of sp³-hybridized carbons (Fsp3) is 0.471. The summed E-state index contributed by atoms with van der Waals surface area (Å²) in [4.78, 5) is 20.9. The quantitative estimate of drug-likeness (QED) is 0.799. The summed E-state index contributed by atoms with van der Waals surface area (Å²) >= 11 is 3.01. The molecular formula is C17H20N2O3S2. The first kappa shape index (κ1) is 17.2. The number of aliphatic imine (C=N–C) groups is 1. The first-order valence-electron chi connectivity index (χ1n) is 8.08. The number of phenolic OH excluding ortho intramolecular Hbond substituents is 1. The smallest absolute Gasteiger partial charge is 0.329 e. The minimum Gasteiger partial charge on any atom is -0.508 e. The number of rotatable bonds is 6. The van der Waals surface area contributed by atoms with E-state index in [1.807, 2.05) is 0 Å². The molecule has 1 aromatic heterocycles. The molecule has 2 heterocycles. The normalized spacial score (nSPS) is 19.6. The van der Waals surface area contributed by atoms with Crippen LogP contribution >= 0.6 is 23.1 Å². The molecule has 0 spiro atoms. The van der Waals surface area contributed by atoms with Crippen LogP contribution < -0.4 is 0 Å². The molecule has 24 heavy (non-hydrogen) atoms. The zero-order valence-corrected chi connectivity index (χ0v) is 15.3. The number of aromatic nitrogens is 1. The van der Waals surface area contributed by atoms with E-state index in [1.165, 1.54) is 11.3 Å². The SMILES string of the molecule is CCCC1(CCC)SC(c2nc3ccc(O)cc3s2)=NC1C(=O)O. The Hall–Kier alpha value is -1.60. The van der Waals surface area contributed by atoms with Crippen molar-refractivity contribution in [1.29, 1.82) is 0 Å². The van der Waals surface area contributed by atoms with E-state index in [2.05, 4.69) is 23.8 Å². The van der Waals surface area contributed by atoms with Crippen molar-refractivity contribution in [2.75, 3.05) is 0 Å². The zero-order chi connectivity index (χ0) is 17.3. The first-order chi connectivity index (χ1) is 11.5. The number of thioether (sulfide) groups is 1. The van der Waals surface area contributed by atoms with E-state index in [1.54, 1.807) is 30.0 Å². The lowest BCUT2D eigenvalue weighted by Crippen LogP contribution is -2.40. The molecule has 1 unspecified atom stereocenters. The highest BCUT2D eigenvalue weighted by molar-refractivity contribution is 8.16. The van der Waals surface area contributed by atoms with E-state index < -0.39 is 12.0 Å². The van der Waals surface area contributed by atoms with E-state index >= 15 is 0 Å². The maximum atomic E-state index is 11.8. The van der Waals surface area contributed by atoms with Gasteiger partial charge in [0.1, 0.15) is 15.8 Å². The fourth-order valence-corrected chi connectivity index (χ4v) is 5.93. The molecule has 3 rings (SSSR count). The lowest BCUT2D eigenvalue weighted by atomic mass is 9.89. The number of fused-ring (bicyclic) bond motifs is 1. The third kappa shape index (κ3) is 3.02. The van der Waals surface area contributed by atoms with Crippen LogP contribution in [0, 0.1) is 0 Å². The summed E-state index contributed by atoms with van der Waals surface area (Å²) in [5.41, 5.74) is 0.798. The Morgan fingerprint density at radius 3 is 2.62 bits per heavy atom. The van der Waals surface area contributed by atoms with Crippen LogP contribution in [0.4, 0.5) is 0 Å². The topological polar surface area (TPSA) is 82.8 Å². The molecule has 0 radical (unpaired) electrons. The van der Waals surface area contributed by atoms with Gasteiger partial charge < -0.3 is 10.2 Å². The highest BCUT2D eigenvalue weighted by Crippen LogP contribution is 2.47. The highest BCUT2D eigenvalue weighted by Gasteiger charge is 2.48. The van der Waals surface area contributed by atoms with Crippen molar-refractivity contribution in [1.82, 2.24) is 4.98 Å². The number of aliphatic carboxylic acids is 1. The standard InChI is InChI=1S/C17H20N2O3S2/c1-3-7-17(8-4-2)13(16(21)22)19-15(24-17)14-18-11-6-5-10(20)9-12(11)23-14/h5-6,9,13,20H,3-4,7-8H2,1-2H3,(H,21,22). The first-order valence-corrected chi connectivity index (χ1v) is 9.72. The van der Waals surface area contributed by atoms with Crippen molar-refractivity contribution < 1.29 is 15.0 Å². The van der Waals surface area contributed by atoms with Gasteiger partial charge in [-0.25, -0.2) is 9.78 Å². The van der Waals surface area contributed by atoms with Crippen LogP contribution in [-0.2, 0) is 4.79 Å². The molecule has 1 aliphatic rings. The van der Waals surface area contributed by atoms with Gasteiger partial charge in [0, 0.05) is 0 Å². The molecule has 0 saturated heterocycles. The minimum atomic E-state index is -0.863. The van der Waals surface area contributed by atoms with Gasteiger partial charge in [-0.15, -0.1) is 11.3 Å². The van der Waals surface area contributed by atoms with Crippen LogP contribution in [0.1, 0.15) is 44.5 Å². The number of hydrogen-bond donors (Lipinski definition) is 2. The molecule has 128 valence electrons. The second kappa shape index (κ2) is 6.72. The molecular weight excluding hydrogens is 344 g/mol. The van der Waals surface area contributed by atoms with Crippen molar-refractivity contribution in [2.45, 2.75) is 50.3 Å². The number of carboxylic acids is 1. The monoisotopic (exact) mass is 364 g/mol. The van der Waals surface area contributed by atoms with Gasteiger partial charge in [0.15, 0.2) is 6.04 Å². The average molecular weight is 364 g/mol. The van der Waals surface area contributed by atoms with Crippen molar-refractivity contribution in [3.63, 3.8) is 0 Å². The minimum absolute atomic E-state index is 0.202. The summed E-state index contributed by atoms with van der Waals surface area (Å²) in [6.45, 7) is 4.16. The fourth-order valence-electron chi connectivity index (χ4n) is 3.24. The van der Waals surface area contributed by atoms with Crippen LogP contribution in [0.25, 0.3) is 10.2 Å². The third-order valence-electron chi connectivity index (χ3n) is 4.18. The van der Waals surface area contributed by atoms with Gasteiger partial charge in [0.05, 0.1) is 15.0 Å². The molecule has 2 aromatic rings. The average Bonchev–Trinajstić information content (AvgIpc) is 3.09. The predicted molar refractivity (Wildman–Crippen MR) is 99.4 cm³/mol. The number of thiazole rings is 1. The maximum Gasteiger partial charge on any atom is 0.329 e. The second-order valence-electron chi connectivity index (χ2n) is 6.01. The van der Waals surface area contributed by atoms with E-state index in [9.17, 15) is 15.0 Å². The number of phenols is 1. The number of hydrogen-bond acceptors (Lipinski definition) is 6. The van der Waals surface area contributed by atoms with Crippen LogP contribution in [-0.4, -0.2) is 37.0 Å². The third-order valence-corrected chi connectivity index (χ3v) is 6.86. The van der Waals surface area contributed by atoms with Crippen molar-refractivity contribution >= 4 is 44.3 Å².